The highest BCUT2D eigenvalue weighted by molar-refractivity contribution is 7.80. The van der Waals surface area contributed by atoms with Gasteiger partial charge in [-0.05, 0) is 0 Å². The number of thiocarbonyl (C=S) groups is 1. The molecule has 1 aliphatic rings. The molecule has 0 saturated carbocycles. The van der Waals surface area contributed by atoms with E-state index in [1.165, 1.54) is 0 Å². The van der Waals surface area contributed by atoms with Gasteiger partial charge in [-0.2, -0.15) is 4.48 Å². The SMILES string of the molecule is NC(=O)[N+]1(c2ccccc2)CCNC1=S. The van der Waals surface area contributed by atoms with Crippen molar-refractivity contribution in [2.24, 2.45) is 5.73 Å². The van der Waals surface area contributed by atoms with Crippen LogP contribution < -0.4 is 15.5 Å². The summed E-state index contributed by atoms with van der Waals surface area (Å²) < 4.78 is -0.0594. The molecular weight excluding hydrogens is 210 g/mol. The zero-order valence-corrected chi connectivity index (χ0v) is 8.96. The number of benzene rings is 1. The van der Waals surface area contributed by atoms with Crippen molar-refractivity contribution in [2.75, 3.05) is 13.1 Å². The quantitative estimate of drug-likeness (QED) is 0.549. The van der Waals surface area contributed by atoms with Crippen LogP contribution in [0.4, 0.5) is 10.5 Å². The Bertz CT molecular complexity index is 406. The smallest absolute Gasteiger partial charge is 0.325 e. The Morgan fingerprint density at radius 1 is 1.40 bits per heavy atom. The zero-order valence-electron chi connectivity index (χ0n) is 8.14. The number of nitrogens with two attached hydrogens (primary N) is 1. The van der Waals surface area contributed by atoms with E-state index < -0.39 is 6.03 Å². The number of hydrogen-bond acceptors (Lipinski definition) is 2. The van der Waals surface area contributed by atoms with Gasteiger partial charge in [0.05, 0.1) is 6.54 Å². The highest BCUT2D eigenvalue weighted by atomic mass is 32.1. The molecule has 1 aromatic carbocycles. The van der Waals surface area contributed by atoms with Gasteiger partial charge in [0.2, 0.25) is 0 Å². The lowest BCUT2D eigenvalue weighted by atomic mass is 10.2. The van der Waals surface area contributed by atoms with Crippen molar-refractivity contribution in [3.63, 3.8) is 0 Å². The van der Waals surface area contributed by atoms with Crippen LogP contribution in [0.3, 0.4) is 0 Å². The van der Waals surface area contributed by atoms with Gasteiger partial charge in [-0.1, -0.05) is 18.2 Å². The molecule has 0 aliphatic carbocycles. The molecule has 1 atom stereocenters. The molecule has 0 radical (unpaired) electrons. The number of hydrogen-bond donors (Lipinski definition) is 2. The number of rotatable bonds is 1. The molecule has 2 amide bonds. The topological polar surface area (TPSA) is 55.1 Å². The number of para-hydroxylation sites is 1. The second-order valence-electron chi connectivity index (χ2n) is 3.44. The van der Waals surface area contributed by atoms with E-state index in [0.717, 1.165) is 5.69 Å². The van der Waals surface area contributed by atoms with Crippen LogP contribution in [-0.2, 0) is 0 Å². The molecule has 1 unspecified atom stereocenters. The second kappa shape index (κ2) is 3.60. The third kappa shape index (κ3) is 1.40. The number of amides is 2. The molecular formula is C10H12N3OS+. The summed E-state index contributed by atoms with van der Waals surface area (Å²) >= 11 is 5.17. The number of primary amides is 1. The lowest BCUT2D eigenvalue weighted by molar-refractivity contribution is 0.233. The maximum Gasteiger partial charge on any atom is 0.426 e. The summed E-state index contributed by atoms with van der Waals surface area (Å²) in [4.78, 5) is 11.6. The van der Waals surface area contributed by atoms with Crippen molar-refractivity contribution in [3.8, 4) is 0 Å². The van der Waals surface area contributed by atoms with Gasteiger partial charge < -0.3 is 11.1 Å². The molecule has 1 fully saturated rings. The second-order valence-corrected chi connectivity index (χ2v) is 3.83. The average Bonchev–Trinajstić information content (AvgIpc) is 2.62. The van der Waals surface area contributed by atoms with E-state index in [2.05, 4.69) is 5.32 Å². The van der Waals surface area contributed by atoms with E-state index in [4.69, 9.17) is 18.0 Å². The monoisotopic (exact) mass is 222 g/mol. The summed E-state index contributed by atoms with van der Waals surface area (Å²) in [5.74, 6) is 0. The zero-order chi connectivity index (χ0) is 10.9. The molecule has 2 rings (SSSR count). The van der Waals surface area contributed by atoms with Gasteiger partial charge in [0, 0.05) is 24.4 Å². The van der Waals surface area contributed by atoms with E-state index in [0.29, 0.717) is 18.2 Å². The molecule has 5 heteroatoms. The molecule has 1 aromatic rings. The predicted molar refractivity (Wildman–Crippen MR) is 63.3 cm³/mol. The Kier molecular flexibility index (Phi) is 2.42. The fraction of sp³-hybridized carbons (Fsp3) is 0.200. The van der Waals surface area contributed by atoms with Crippen LogP contribution in [0.1, 0.15) is 0 Å². The van der Waals surface area contributed by atoms with Crippen LogP contribution in [0.5, 0.6) is 0 Å². The first-order valence-electron chi connectivity index (χ1n) is 4.70. The Hall–Kier alpha value is -1.46. The first kappa shape index (κ1) is 10.1. The predicted octanol–water partition coefficient (Wildman–Crippen LogP) is 0.961. The van der Waals surface area contributed by atoms with Crippen LogP contribution in [-0.4, -0.2) is 24.2 Å². The molecule has 0 spiro atoms. The summed E-state index contributed by atoms with van der Waals surface area (Å²) in [5.41, 5.74) is 6.28. The molecule has 78 valence electrons. The van der Waals surface area contributed by atoms with E-state index in [1.54, 1.807) is 0 Å². The van der Waals surface area contributed by atoms with Crippen molar-refractivity contribution in [2.45, 2.75) is 0 Å². The number of carbonyl (C=O) groups is 1. The molecule has 3 N–H and O–H groups in total. The number of nitrogens with one attached hydrogen (secondary N) is 1. The molecule has 0 aromatic heterocycles. The third-order valence-electron chi connectivity index (χ3n) is 2.64. The largest absolute Gasteiger partial charge is 0.426 e. The van der Waals surface area contributed by atoms with Crippen molar-refractivity contribution >= 4 is 29.0 Å². The van der Waals surface area contributed by atoms with Gasteiger partial charge in [0.1, 0.15) is 12.2 Å². The van der Waals surface area contributed by atoms with Crippen molar-refractivity contribution < 1.29 is 4.79 Å². The highest BCUT2D eigenvalue weighted by Gasteiger charge is 2.46. The van der Waals surface area contributed by atoms with E-state index >= 15 is 0 Å². The van der Waals surface area contributed by atoms with Crippen LogP contribution in [0.15, 0.2) is 30.3 Å². The number of quaternary nitrogens is 1. The summed E-state index contributed by atoms with van der Waals surface area (Å²) in [6, 6.07) is 8.94. The van der Waals surface area contributed by atoms with Gasteiger partial charge >= 0.3 is 6.03 Å². The maximum absolute atomic E-state index is 11.6. The number of carbonyl (C=O) groups excluding carboxylic acids is 1. The Labute approximate surface area is 93.3 Å². The van der Waals surface area contributed by atoms with Gasteiger partial charge in [0.15, 0.2) is 0 Å². The van der Waals surface area contributed by atoms with Crippen molar-refractivity contribution in [3.05, 3.63) is 30.3 Å². The van der Waals surface area contributed by atoms with Crippen molar-refractivity contribution in [1.29, 1.82) is 0 Å². The van der Waals surface area contributed by atoms with Crippen LogP contribution >= 0.6 is 12.2 Å². The first-order chi connectivity index (χ1) is 7.18. The fourth-order valence-corrected chi connectivity index (χ4v) is 2.22. The molecule has 0 bridgehead atoms. The molecule has 1 heterocycles. The first-order valence-corrected chi connectivity index (χ1v) is 5.11. The molecule has 1 aliphatic heterocycles. The van der Waals surface area contributed by atoms with E-state index in [9.17, 15) is 4.79 Å². The minimum atomic E-state index is -0.434. The number of urea groups is 1. The van der Waals surface area contributed by atoms with Crippen molar-refractivity contribution in [1.82, 2.24) is 9.80 Å². The Morgan fingerprint density at radius 3 is 2.53 bits per heavy atom. The normalized spacial score (nSPS) is 24.9. The minimum absolute atomic E-state index is 0.0594. The standard InChI is InChI=1S/C10H11N3OS/c11-9(14)13(7-6-12-10(13)15)8-4-2-1-3-5-8/h1-5H,6-7H2,(H2-,11,12,14,15)/p+1. The van der Waals surface area contributed by atoms with Gasteiger partial charge in [-0.15, -0.1) is 0 Å². The summed E-state index contributed by atoms with van der Waals surface area (Å²) in [5, 5.41) is 3.47. The fourth-order valence-electron chi connectivity index (χ4n) is 1.83. The molecule has 15 heavy (non-hydrogen) atoms. The average molecular weight is 222 g/mol. The van der Waals surface area contributed by atoms with E-state index in [-0.39, 0.29) is 4.48 Å². The van der Waals surface area contributed by atoms with Crippen LogP contribution in [0.2, 0.25) is 0 Å². The summed E-state index contributed by atoms with van der Waals surface area (Å²) in [6.45, 7) is 1.26. The lowest BCUT2D eigenvalue weighted by Crippen LogP contribution is -2.59. The third-order valence-corrected chi connectivity index (χ3v) is 3.10. The molecule has 4 nitrogen and oxygen atoms in total. The Morgan fingerprint density at radius 2 is 2.07 bits per heavy atom. The Balaban J connectivity index is 2.53. The summed E-state index contributed by atoms with van der Waals surface area (Å²) in [6.07, 6.45) is 0. The van der Waals surface area contributed by atoms with Crippen LogP contribution in [0, 0.1) is 0 Å². The van der Waals surface area contributed by atoms with Gasteiger partial charge in [-0.25, -0.2) is 4.79 Å². The highest BCUT2D eigenvalue weighted by Crippen LogP contribution is 2.25. The minimum Gasteiger partial charge on any atom is -0.325 e. The maximum atomic E-state index is 11.6. The van der Waals surface area contributed by atoms with Crippen LogP contribution in [0.25, 0.3) is 0 Å². The summed E-state index contributed by atoms with van der Waals surface area (Å²) in [7, 11) is 0. The van der Waals surface area contributed by atoms with Gasteiger partial charge in [-0.3, -0.25) is 0 Å². The van der Waals surface area contributed by atoms with Gasteiger partial charge in [0.25, 0.3) is 5.11 Å². The van der Waals surface area contributed by atoms with E-state index in [1.807, 2.05) is 30.3 Å². The molecule has 1 saturated heterocycles. The lowest BCUT2D eigenvalue weighted by Gasteiger charge is -2.26. The number of nitrogens with zero attached hydrogens (tertiary/aromatic N) is 1.